The molecule has 23 heavy (non-hydrogen) atoms. The summed E-state index contributed by atoms with van der Waals surface area (Å²) in [5, 5.41) is 11.7. The van der Waals surface area contributed by atoms with E-state index in [0.29, 0.717) is 35.8 Å². The second-order valence-corrected chi connectivity index (χ2v) is 5.89. The van der Waals surface area contributed by atoms with Crippen molar-refractivity contribution in [3.05, 3.63) is 28.7 Å². The van der Waals surface area contributed by atoms with Crippen LogP contribution in [0.3, 0.4) is 0 Å². The van der Waals surface area contributed by atoms with Gasteiger partial charge in [-0.25, -0.2) is 9.59 Å². The van der Waals surface area contributed by atoms with E-state index in [-0.39, 0.29) is 12.6 Å². The number of anilines is 1. The van der Waals surface area contributed by atoms with E-state index in [1.54, 1.807) is 25.2 Å². The number of unbranched alkanes of at least 4 members (excludes halogenated alkanes) is 1. The molecule has 0 saturated heterocycles. The molecule has 2 amide bonds. The lowest BCUT2D eigenvalue weighted by atomic mass is 10.2. The number of carbonyl (C=O) groups is 1. The van der Waals surface area contributed by atoms with Gasteiger partial charge >= 0.3 is 11.8 Å². The van der Waals surface area contributed by atoms with Gasteiger partial charge in [-0.15, -0.1) is 0 Å². The fourth-order valence-electron chi connectivity index (χ4n) is 2.64. The van der Waals surface area contributed by atoms with Crippen molar-refractivity contribution in [2.24, 2.45) is 7.05 Å². The first kappa shape index (κ1) is 15.6. The van der Waals surface area contributed by atoms with Gasteiger partial charge in [0.15, 0.2) is 5.58 Å². The number of fused-ring (bicyclic) bond motifs is 1. The molecule has 3 rings (SSSR count). The lowest BCUT2D eigenvalue weighted by Gasteiger charge is -2.22. The molecule has 1 aliphatic rings. The quantitative estimate of drug-likeness (QED) is 0.796. The highest BCUT2D eigenvalue weighted by Crippen LogP contribution is 2.28. The number of nitrogens with one attached hydrogen (secondary N) is 1. The number of aromatic nitrogens is 1. The lowest BCUT2D eigenvalue weighted by Crippen LogP contribution is -2.37. The molecule has 1 aliphatic carbocycles. The highest BCUT2D eigenvalue weighted by Gasteiger charge is 2.32. The standard InChI is InChI=1S/C16H21N3O4/c1-18-13-7-4-11(10-14(13)23-16(18)22)17-15(21)19(12-5-6-12)8-2-3-9-20/h4,7,10,12,20H,2-3,5-6,8-9H2,1H3,(H,17,21). The second-order valence-electron chi connectivity index (χ2n) is 5.89. The number of hydrogen-bond acceptors (Lipinski definition) is 4. The largest absolute Gasteiger partial charge is 0.419 e. The van der Waals surface area contributed by atoms with Crippen molar-refractivity contribution < 1.29 is 14.3 Å². The maximum Gasteiger partial charge on any atom is 0.419 e. The maximum absolute atomic E-state index is 12.5. The zero-order valence-corrected chi connectivity index (χ0v) is 13.1. The fraction of sp³-hybridized carbons (Fsp3) is 0.500. The number of benzene rings is 1. The van der Waals surface area contributed by atoms with Gasteiger partial charge in [0.1, 0.15) is 0 Å². The molecule has 2 N–H and O–H groups in total. The van der Waals surface area contributed by atoms with Gasteiger partial charge in [-0.1, -0.05) is 0 Å². The minimum absolute atomic E-state index is 0.143. The van der Waals surface area contributed by atoms with Crippen LogP contribution in [0.25, 0.3) is 11.1 Å². The fourth-order valence-corrected chi connectivity index (χ4v) is 2.64. The third kappa shape index (κ3) is 3.39. The molecule has 124 valence electrons. The lowest BCUT2D eigenvalue weighted by molar-refractivity contribution is 0.204. The Balaban J connectivity index is 1.71. The Bertz CT molecular complexity index is 760. The molecule has 0 radical (unpaired) electrons. The summed E-state index contributed by atoms with van der Waals surface area (Å²) in [6.45, 7) is 0.781. The van der Waals surface area contributed by atoms with Gasteiger partial charge in [0.2, 0.25) is 0 Å². The Morgan fingerprint density at radius 2 is 2.22 bits per heavy atom. The highest BCUT2D eigenvalue weighted by atomic mass is 16.4. The number of oxazole rings is 1. The van der Waals surface area contributed by atoms with Crippen LogP contribution in [0.5, 0.6) is 0 Å². The molecular weight excluding hydrogens is 298 g/mol. The molecule has 0 atom stereocenters. The maximum atomic E-state index is 12.5. The minimum atomic E-state index is -0.424. The van der Waals surface area contributed by atoms with Gasteiger partial charge in [-0.3, -0.25) is 4.57 Å². The average molecular weight is 319 g/mol. The molecule has 0 spiro atoms. The summed E-state index contributed by atoms with van der Waals surface area (Å²) in [5.74, 6) is -0.424. The topological polar surface area (TPSA) is 87.7 Å². The molecular formula is C16H21N3O4. The summed E-state index contributed by atoms with van der Waals surface area (Å²) in [6, 6.07) is 5.32. The molecule has 1 saturated carbocycles. The number of amides is 2. The van der Waals surface area contributed by atoms with E-state index < -0.39 is 5.76 Å². The van der Waals surface area contributed by atoms with Crippen LogP contribution in [0.1, 0.15) is 25.7 Å². The predicted molar refractivity (Wildman–Crippen MR) is 86.5 cm³/mol. The Morgan fingerprint density at radius 1 is 1.43 bits per heavy atom. The monoisotopic (exact) mass is 319 g/mol. The first-order chi connectivity index (χ1) is 11.1. The van der Waals surface area contributed by atoms with Crippen LogP contribution in [-0.2, 0) is 7.05 Å². The molecule has 1 aromatic carbocycles. The Labute approximate surface area is 133 Å². The molecule has 7 heteroatoms. The number of aliphatic hydroxyl groups is 1. The number of rotatable bonds is 6. The summed E-state index contributed by atoms with van der Waals surface area (Å²) in [6.07, 6.45) is 3.53. The molecule has 2 aromatic rings. The van der Waals surface area contributed by atoms with Crippen LogP contribution in [0.4, 0.5) is 10.5 Å². The van der Waals surface area contributed by atoms with Crippen molar-refractivity contribution >= 4 is 22.8 Å². The van der Waals surface area contributed by atoms with E-state index in [2.05, 4.69) is 5.32 Å². The number of hydrogen-bond donors (Lipinski definition) is 2. The molecule has 0 unspecified atom stereocenters. The van der Waals surface area contributed by atoms with Crippen molar-refractivity contribution in [3.63, 3.8) is 0 Å². The van der Waals surface area contributed by atoms with Crippen molar-refractivity contribution in [1.82, 2.24) is 9.47 Å². The molecule has 0 bridgehead atoms. The van der Waals surface area contributed by atoms with Crippen LogP contribution in [0.2, 0.25) is 0 Å². The van der Waals surface area contributed by atoms with Crippen molar-refractivity contribution in [1.29, 1.82) is 0 Å². The van der Waals surface area contributed by atoms with E-state index in [0.717, 1.165) is 19.3 Å². The van der Waals surface area contributed by atoms with Crippen molar-refractivity contribution in [3.8, 4) is 0 Å². The molecule has 0 aliphatic heterocycles. The average Bonchev–Trinajstić information content (AvgIpc) is 3.31. The number of urea groups is 1. The number of carbonyl (C=O) groups excluding carboxylic acids is 1. The zero-order valence-electron chi connectivity index (χ0n) is 13.1. The summed E-state index contributed by atoms with van der Waals surface area (Å²) in [5.41, 5.74) is 1.74. The van der Waals surface area contributed by atoms with Crippen LogP contribution in [0.15, 0.2) is 27.4 Å². The Hall–Kier alpha value is -2.28. The first-order valence-corrected chi connectivity index (χ1v) is 7.88. The van der Waals surface area contributed by atoms with Crippen LogP contribution < -0.4 is 11.1 Å². The first-order valence-electron chi connectivity index (χ1n) is 7.88. The molecule has 7 nitrogen and oxygen atoms in total. The third-order valence-corrected chi connectivity index (χ3v) is 4.10. The summed E-state index contributed by atoms with van der Waals surface area (Å²) in [7, 11) is 1.64. The van der Waals surface area contributed by atoms with Gasteiger partial charge in [0, 0.05) is 38.0 Å². The summed E-state index contributed by atoms with van der Waals surface area (Å²) < 4.78 is 6.56. The number of aryl methyl sites for hydroxylation is 1. The van der Waals surface area contributed by atoms with Crippen molar-refractivity contribution in [2.75, 3.05) is 18.5 Å². The van der Waals surface area contributed by atoms with Crippen molar-refractivity contribution in [2.45, 2.75) is 31.7 Å². The molecule has 1 aromatic heterocycles. The molecule has 1 heterocycles. The van der Waals surface area contributed by atoms with E-state index in [9.17, 15) is 9.59 Å². The SMILES string of the molecule is Cn1c(=O)oc2cc(NC(=O)N(CCCCO)C3CC3)ccc21. The smallest absolute Gasteiger partial charge is 0.408 e. The van der Waals surface area contributed by atoms with E-state index >= 15 is 0 Å². The van der Waals surface area contributed by atoms with Gasteiger partial charge in [0.25, 0.3) is 0 Å². The summed E-state index contributed by atoms with van der Waals surface area (Å²) >= 11 is 0. The van der Waals surface area contributed by atoms with Crippen LogP contribution >= 0.6 is 0 Å². The second kappa shape index (κ2) is 6.45. The van der Waals surface area contributed by atoms with E-state index in [1.807, 2.05) is 4.90 Å². The van der Waals surface area contributed by atoms with E-state index in [1.165, 1.54) is 4.57 Å². The van der Waals surface area contributed by atoms with Gasteiger partial charge < -0.3 is 19.7 Å². The molecule has 1 fully saturated rings. The van der Waals surface area contributed by atoms with E-state index in [4.69, 9.17) is 9.52 Å². The normalized spacial score (nSPS) is 14.2. The van der Waals surface area contributed by atoms with Gasteiger partial charge in [-0.2, -0.15) is 0 Å². The predicted octanol–water partition coefficient (Wildman–Crippen LogP) is 1.90. The third-order valence-electron chi connectivity index (χ3n) is 4.10. The Morgan fingerprint density at radius 3 is 2.91 bits per heavy atom. The van der Waals surface area contributed by atoms with Gasteiger partial charge in [0.05, 0.1) is 5.52 Å². The van der Waals surface area contributed by atoms with Gasteiger partial charge in [-0.05, 0) is 37.8 Å². The zero-order chi connectivity index (χ0) is 16.4. The Kier molecular flexibility index (Phi) is 4.38. The summed E-state index contributed by atoms with van der Waals surface area (Å²) in [4.78, 5) is 25.8. The number of aliphatic hydroxyl groups excluding tert-OH is 1. The minimum Gasteiger partial charge on any atom is -0.408 e. The highest BCUT2D eigenvalue weighted by molar-refractivity contribution is 5.92. The van der Waals surface area contributed by atoms with Crippen LogP contribution in [-0.4, -0.2) is 39.8 Å². The number of nitrogens with zero attached hydrogens (tertiary/aromatic N) is 2. The van der Waals surface area contributed by atoms with Crippen LogP contribution in [0, 0.1) is 0 Å².